The fourth-order valence-electron chi connectivity index (χ4n) is 3.55. The van der Waals surface area contributed by atoms with Crippen molar-refractivity contribution in [2.45, 2.75) is 31.7 Å². The Morgan fingerprint density at radius 3 is 2.59 bits per heavy atom. The monoisotopic (exact) mass is 365 g/mol. The van der Waals surface area contributed by atoms with Gasteiger partial charge in [-0.2, -0.15) is 0 Å². The summed E-state index contributed by atoms with van der Waals surface area (Å²) in [6.45, 7) is 0.869. The molecule has 2 aromatic carbocycles. The quantitative estimate of drug-likeness (QED) is 0.703. The number of anilines is 1. The van der Waals surface area contributed by atoms with Gasteiger partial charge in [0.05, 0.1) is 0 Å². The number of nitrogens with one attached hydrogen (secondary N) is 2. The van der Waals surface area contributed by atoms with Crippen LogP contribution in [0.2, 0.25) is 0 Å². The maximum atomic E-state index is 12.8. The Bertz CT molecular complexity index is 913. The third-order valence-electron chi connectivity index (χ3n) is 5.00. The highest BCUT2D eigenvalue weighted by atomic mass is 16.3. The van der Waals surface area contributed by atoms with Crippen LogP contribution in [0.1, 0.15) is 27.9 Å². The average molecular weight is 365 g/mol. The number of piperidine rings is 1. The molecule has 7 nitrogen and oxygen atoms in total. The SMILES string of the molecule is O=C1NC(=O)C(N2Cc3c(NCc4ccccc4)cccc3C2=O)CC1O. The predicted octanol–water partition coefficient (Wildman–Crippen LogP) is 1.03. The first-order valence-electron chi connectivity index (χ1n) is 8.78. The number of rotatable bonds is 4. The number of fused-ring (bicyclic) bond motifs is 1. The molecule has 2 aliphatic heterocycles. The zero-order valence-electron chi connectivity index (χ0n) is 14.5. The van der Waals surface area contributed by atoms with E-state index in [1.165, 1.54) is 4.90 Å². The molecule has 0 radical (unpaired) electrons. The van der Waals surface area contributed by atoms with Gasteiger partial charge in [0, 0.05) is 36.3 Å². The summed E-state index contributed by atoms with van der Waals surface area (Å²) in [6.07, 6.45) is -1.38. The molecule has 2 atom stereocenters. The molecule has 2 heterocycles. The zero-order valence-corrected chi connectivity index (χ0v) is 14.5. The van der Waals surface area contributed by atoms with E-state index in [0.29, 0.717) is 12.1 Å². The maximum absolute atomic E-state index is 12.8. The second-order valence-electron chi connectivity index (χ2n) is 6.72. The van der Waals surface area contributed by atoms with Gasteiger partial charge in [0.15, 0.2) is 0 Å². The van der Waals surface area contributed by atoms with E-state index in [1.807, 2.05) is 36.4 Å². The van der Waals surface area contributed by atoms with Crippen LogP contribution in [-0.2, 0) is 22.7 Å². The second kappa shape index (κ2) is 6.85. The summed E-state index contributed by atoms with van der Waals surface area (Å²) in [5.74, 6) is -1.54. The third-order valence-corrected chi connectivity index (χ3v) is 5.00. The third kappa shape index (κ3) is 3.17. The largest absolute Gasteiger partial charge is 0.383 e. The van der Waals surface area contributed by atoms with E-state index >= 15 is 0 Å². The van der Waals surface area contributed by atoms with Crippen LogP contribution in [0.4, 0.5) is 5.69 Å². The van der Waals surface area contributed by atoms with E-state index in [9.17, 15) is 19.5 Å². The standard InChI is InChI=1S/C20H19N3O4/c24-17-9-16(18(25)22-19(17)26)23-11-14-13(20(23)27)7-4-8-15(14)21-10-12-5-2-1-3-6-12/h1-8,16-17,21,24H,9-11H2,(H,22,25,26). The molecule has 1 fully saturated rings. The molecule has 4 rings (SSSR count). The summed E-state index contributed by atoms with van der Waals surface area (Å²) < 4.78 is 0. The number of imide groups is 1. The Kier molecular flexibility index (Phi) is 4.37. The Hall–Kier alpha value is -3.19. The van der Waals surface area contributed by atoms with Gasteiger partial charge >= 0.3 is 0 Å². The second-order valence-corrected chi connectivity index (χ2v) is 6.72. The Morgan fingerprint density at radius 2 is 1.81 bits per heavy atom. The van der Waals surface area contributed by atoms with Crippen molar-refractivity contribution < 1.29 is 19.5 Å². The lowest BCUT2D eigenvalue weighted by Crippen LogP contribution is -2.57. The first-order chi connectivity index (χ1) is 13.0. The summed E-state index contributed by atoms with van der Waals surface area (Å²) in [5, 5.41) is 15.3. The van der Waals surface area contributed by atoms with Crippen molar-refractivity contribution >= 4 is 23.4 Å². The normalized spacial score (nSPS) is 21.8. The molecule has 2 unspecified atom stereocenters. The minimum absolute atomic E-state index is 0.0861. The molecule has 0 saturated carbocycles. The molecule has 3 amide bonds. The lowest BCUT2D eigenvalue weighted by Gasteiger charge is -2.31. The van der Waals surface area contributed by atoms with Gasteiger partial charge in [-0.15, -0.1) is 0 Å². The molecule has 0 spiro atoms. The molecule has 0 aromatic heterocycles. The molecule has 7 heteroatoms. The van der Waals surface area contributed by atoms with Gasteiger partial charge in [0.2, 0.25) is 5.91 Å². The van der Waals surface area contributed by atoms with Crippen molar-refractivity contribution in [2.75, 3.05) is 5.32 Å². The number of carbonyl (C=O) groups is 3. The van der Waals surface area contributed by atoms with Crippen LogP contribution in [0.5, 0.6) is 0 Å². The number of nitrogens with zero attached hydrogens (tertiary/aromatic N) is 1. The van der Waals surface area contributed by atoms with Crippen molar-refractivity contribution in [2.24, 2.45) is 0 Å². The highest BCUT2D eigenvalue weighted by Crippen LogP contribution is 2.32. The highest BCUT2D eigenvalue weighted by Gasteiger charge is 2.42. The van der Waals surface area contributed by atoms with Crippen LogP contribution in [0.3, 0.4) is 0 Å². The number of benzene rings is 2. The minimum Gasteiger partial charge on any atom is -0.383 e. The molecular formula is C20H19N3O4. The van der Waals surface area contributed by atoms with Gasteiger partial charge in [-0.1, -0.05) is 36.4 Å². The molecule has 138 valence electrons. The Morgan fingerprint density at radius 1 is 1.04 bits per heavy atom. The van der Waals surface area contributed by atoms with Crippen LogP contribution in [0, 0.1) is 0 Å². The van der Waals surface area contributed by atoms with E-state index in [4.69, 9.17) is 0 Å². The van der Waals surface area contributed by atoms with Gasteiger partial charge < -0.3 is 15.3 Å². The van der Waals surface area contributed by atoms with Crippen molar-refractivity contribution in [3.63, 3.8) is 0 Å². The number of aliphatic hydroxyl groups excluding tert-OH is 1. The first kappa shape index (κ1) is 17.2. The smallest absolute Gasteiger partial charge is 0.255 e. The van der Waals surface area contributed by atoms with Gasteiger partial charge in [-0.3, -0.25) is 19.7 Å². The van der Waals surface area contributed by atoms with E-state index in [1.54, 1.807) is 12.1 Å². The van der Waals surface area contributed by atoms with Crippen molar-refractivity contribution in [1.29, 1.82) is 0 Å². The number of aliphatic hydroxyl groups is 1. The summed E-state index contributed by atoms with van der Waals surface area (Å²) in [5.41, 5.74) is 3.30. The Labute approximate surface area is 156 Å². The van der Waals surface area contributed by atoms with E-state index < -0.39 is 24.0 Å². The zero-order chi connectivity index (χ0) is 19.0. The van der Waals surface area contributed by atoms with Crippen LogP contribution < -0.4 is 10.6 Å². The summed E-state index contributed by atoms with van der Waals surface area (Å²) in [6, 6.07) is 14.5. The van der Waals surface area contributed by atoms with Crippen LogP contribution in [0.25, 0.3) is 0 Å². The summed E-state index contributed by atoms with van der Waals surface area (Å²) in [7, 11) is 0. The van der Waals surface area contributed by atoms with Gasteiger partial charge in [-0.05, 0) is 17.7 Å². The van der Waals surface area contributed by atoms with Gasteiger partial charge in [0.1, 0.15) is 12.1 Å². The highest BCUT2D eigenvalue weighted by molar-refractivity contribution is 6.07. The first-order valence-corrected chi connectivity index (χ1v) is 8.78. The Balaban J connectivity index is 1.55. The molecule has 27 heavy (non-hydrogen) atoms. The van der Waals surface area contributed by atoms with Gasteiger partial charge in [-0.25, -0.2) is 0 Å². The number of hydrogen-bond acceptors (Lipinski definition) is 5. The maximum Gasteiger partial charge on any atom is 0.255 e. The average Bonchev–Trinajstić information content (AvgIpc) is 3.01. The van der Waals surface area contributed by atoms with Crippen LogP contribution in [0.15, 0.2) is 48.5 Å². The lowest BCUT2D eigenvalue weighted by molar-refractivity contribution is -0.144. The molecule has 0 aliphatic carbocycles. The van der Waals surface area contributed by atoms with Crippen LogP contribution in [-0.4, -0.2) is 39.9 Å². The molecule has 2 aromatic rings. The van der Waals surface area contributed by atoms with Gasteiger partial charge in [0.25, 0.3) is 11.8 Å². The molecule has 3 N–H and O–H groups in total. The predicted molar refractivity (Wildman–Crippen MR) is 97.6 cm³/mol. The van der Waals surface area contributed by atoms with E-state index in [-0.39, 0.29) is 18.9 Å². The molecule has 2 aliphatic rings. The molecule has 0 bridgehead atoms. The van der Waals surface area contributed by atoms with Crippen molar-refractivity contribution in [3.8, 4) is 0 Å². The van der Waals surface area contributed by atoms with Crippen molar-refractivity contribution in [1.82, 2.24) is 10.2 Å². The summed E-state index contributed by atoms with van der Waals surface area (Å²) >= 11 is 0. The van der Waals surface area contributed by atoms with E-state index in [0.717, 1.165) is 16.8 Å². The molecule has 1 saturated heterocycles. The summed E-state index contributed by atoms with van der Waals surface area (Å²) in [4.78, 5) is 37.8. The van der Waals surface area contributed by atoms with E-state index in [2.05, 4.69) is 10.6 Å². The molecular weight excluding hydrogens is 346 g/mol. The fraction of sp³-hybridized carbons (Fsp3) is 0.250. The number of carbonyl (C=O) groups excluding carboxylic acids is 3. The number of amides is 3. The lowest BCUT2D eigenvalue weighted by atomic mass is 10.0. The minimum atomic E-state index is -1.29. The van der Waals surface area contributed by atoms with Crippen LogP contribution >= 0.6 is 0 Å². The number of hydrogen-bond donors (Lipinski definition) is 3. The topological polar surface area (TPSA) is 98.7 Å². The fourth-order valence-corrected chi connectivity index (χ4v) is 3.55. The van der Waals surface area contributed by atoms with Crippen molar-refractivity contribution in [3.05, 3.63) is 65.2 Å².